The van der Waals surface area contributed by atoms with E-state index >= 15 is 0 Å². The molecule has 0 radical (unpaired) electrons. The molecule has 0 atom stereocenters. The topological polar surface area (TPSA) is 52.6 Å². The van der Waals surface area contributed by atoms with Crippen LogP contribution in [-0.2, 0) is 4.79 Å². The fourth-order valence-electron chi connectivity index (χ4n) is 6.34. The Balaban J connectivity index is 1.31. The lowest BCUT2D eigenvalue weighted by Crippen LogP contribution is -2.62. The van der Waals surface area contributed by atoms with Crippen LogP contribution >= 0.6 is 0 Å². The van der Waals surface area contributed by atoms with Crippen LogP contribution in [0, 0.1) is 29.6 Å². The molecule has 4 saturated carbocycles. The van der Waals surface area contributed by atoms with Crippen LogP contribution in [0.5, 0.6) is 0 Å². The molecule has 1 saturated heterocycles. The summed E-state index contributed by atoms with van der Waals surface area (Å²) in [5.41, 5.74) is -0.623. The third-order valence-corrected chi connectivity index (χ3v) is 7.73. The van der Waals surface area contributed by atoms with Crippen LogP contribution < -0.4 is 5.32 Å². The number of nitrogens with one attached hydrogen (secondary N) is 1. The number of likely N-dealkylation sites (tertiary alicyclic amines) is 1. The van der Waals surface area contributed by atoms with Gasteiger partial charge in [-0.3, -0.25) is 4.79 Å². The van der Waals surface area contributed by atoms with Crippen molar-refractivity contribution in [2.45, 2.75) is 70.4 Å². The van der Waals surface area contributed by atoms with Crippen LogP contribution in [0.4, 0.5) is 0 Å². The van der Waals surface area contributed by atoms with Gasteiger partial charge in [-0.25, -0.2) is 0 Å². The molecule has 136 valence electrons. The zero-order valence-corrected chi connectivity index (χ0v) is 15.3. The number of carbonyl (C=O) groups is 1. The highest BCUT2D eigenvalue weighted by Crippen LogP contribution is 2.58. The number of hydrogen-bond donors (Lipinski definition) is 2. The second kappa shape index (κ2) is 6.28. The SMILES string of the molecule is CC(C)N1CCC(C(=O)NCC2(O)C3CC4CC(C3)CC2C4)CC1. The molecule has 0 aromatic heterocycles. The highest BCUT2D eigenvalue weighted by atomic mass is 16.3. The summed E-state index contributed by atoms with van der Waals surface area (Å²) in [6.45, 7) is 6.99. The Kier molecular flexibility index (Phi) is 4.41. The van der Waals surface area contributed by atoms with Gasteiger partial charge in [-0.1, -0.05) is 0 Å². The molecule has 4 bridgehead atoms. The molecule has 0 aromatic rings. The molecule has 5 fully saturated rings. The van der Waals surface area contributed by atoms with Crippen LogP contribution in [0.3, 0.4) is 0 Å². The van der Waals surface area contributed by atoms with E-state index in [2.05, 4.69) is 24.1 Å². The van der Waals surface area contributed by atoms with Crippen LogP contribution in [0.1, 0.15) is 58.8 Å². The molecule has 4 heteroatoms. The first-order chi connectivity index (χ1) is 11.5. The van der Waals surface area contributed by atoms with Gasteiger partial charge in [0, 0.05) is 18.5 Å². The van der Waals surface area contributed by atoms with Gasteiger partial charge in [0.1, 0.15) is 0 Å². The predicted molar refractivity (Wildman–Crippen MR) is 94.4 cm³/mol. The van der Waals surface area contributed by atoms with Gasteiger partial charge in [0.25, 0.3) is 0 Å². The van der Waals surface area contributed by atoms with Crippen LogP contribution in [0.25, 0.3) is 0 Å². The van der Waals surface area contributed by atoms with Crippen molar-refractivity contribution in [2.24, 2.45) is 29.6 Å². The normalized spacial score (nSPS) is 42.7. The predicted octanol–water partition coefficient (Wildman–Crippen LogP) is 2.41. The zero-order chi connectivity index (χ0) is 16.9. The van der Waals surface area contributed by atoms with Crippen molar-refractivity contribution in [1.29, 1.82) is 0 Å². The molecular weight excluding hydrogens is 300 g/mol. The zero-order valence-electron chi connectivity index (χ0n) is 15.3. The van der Waals surface area contributed by atoms with Crippen LogP contribution in [0.2, 0.25) is 0 Å². The molecule has 1 heterocycles. The van der Waals surface area contributed by atoms with Crippen molar-refractivity contribution in [3.05, 3.63) is 0 Å². The molecule has 2 N–H and O–H groups in total. The van der Waals surface area contributed by atoms with E-state index in [1.54, 1.807) is 0 Å². The maximum Gasteiger partial charge on any atom is 0.223 e. The minimum absolute atomic E-state index is 0.139. The summed E-state index contributed by atoms with van der Waals surface area (Å²) in [7, 11) is 0. The van der Waals surface area contributed by atoms with Gasteiger partial charge in [0.15, 0.2) is 0 Å². The van der Waals surface area contributed by atoms with E-state index in [1.165, 1.54) is 32.1 Å². The van der Waals surface area contributed by atoms with Crippen molar-refractivity contribution >= 4 is 5.91 Å². The second-order valence-corrected chi connectivity index (χ2v) is 9.42. The molecular formula is C20H34N2O2. The highest BCUT2D eigenvalue weighted by molar-refractivity contribution is 5.78. The van der Waals surface area contributed by atoms with E-state index in [0.717, 1.165) is 37.8 Å². The number of piperidine rings is 1. The van der Waals surface area contributed by atoms with Gasteiger partial charge in [-0.15, -0.1) is 0 Å². The van der Waals surface area contributed by atoms with Crippen molar-refractivity contribution in [3.8, 4) is 0 Å². The lowest BCUT2D eigenvalue weighted by atomic mass is 9.50. The third-order valence-electron chi connectivity index (χ3n) is 7.73. The molecule has 1 amide bonds. The Labute approximate surface area is 146 Å². The van der Waals surface area contributed by atoms with Gasteiger partial charge in [0.05, 0.1) is 5.60 Å². The smallest absolute Gasteiger partial charge is 0.223 e. The molecule has 0 aromatic carbocycles. The fourth-order valence-corrected chi connectivity index (χ4v) is 6.34. The van der Waals surface area contributed by atoms with Gasteiger partial charge in [0.2, 0.25) is 5.91 Å². The van der Waals surface area contributed by atoms with E-state index in [1.807, 2.05) is 0 Å². The molecule has 5 aliphatic rings. The third kappa shape index (κ3) is 2.90. The summed E-state index contributed by atoms with van der Waals surface area (Å²) < 4.78 is 0. The molecule has 5 rings (SSSR count). The van der Waals surface area contributed by atoms with Crippen molar-refractivity contribution in [1.82, 2.24) is 10.2 Å². The van der Waals surface area contributed by atoms with Gasteiger partial charge >= 0.3 is 0 Å². The molecule has 24 heavy (non-hydrogen) atoms. The largest absolute Gasteiger partial charge is 0.387 e. The van der Waals surface area contributed by atoms with Gasteiger partial charge < -0.3 is 15.3 Å². The summed E-state index contributed by atoms with van der Waals surface area (Å²) in [6.07, 6.45) is 8.05. The second-order valence-electron chi connectivity index (χ2n) is 9.42. The van der Waals surface area contributed by atoms with Crippen molar-refractivity contribution < 1.29 is 9.90 Å². The number of hydrogen-bond acceptors (Lipinski definition) is 3. The van der Waals surface area contributed by atoms with Crippen molar-refractivity contribution in [3.63, 3.8) is 0 Å². The van der Waals surface area contributed by atoms with Crippen LogP contribution in [-0.4, -0.2) is 47.2 Å². The first-order valence-electron chi connectivity index (χ1n) is 10.2. The maximum atomic E-state index is 12.6. The molecule has 4 nitrogen and oxygen atoms in total. The number of carbonyl (C=O) groups excluding carboxylic acids is 1. The molecule has 0 spiro atoms. The Morgan fingerprint density at radius 2 is 1.62 bits per heavy atom. The summed E-state index contributed by atoms with van der Waals surface area (Å²) in [5, 5.41) is 14.5. The fraction of sp³-hybridized carbons (Fsp3) is 0.950. The van der Waals surface area contributed by atoms with E-state index in [-0.39, 0.29) is 11.8 Å². The standard InChI is InChI=1S/C20H34N2O2/c1-13(2)22-5-3-16(4-6-22)19(23)21-12-20(24)17-8-14-7-15(10-17)11-18(20)9-14/h13-18,24H,3-12H2,1-2H3,(H,21,23). The van der Waals surface area contributed by atoms with Gasteiger partial charge in [-0.2, -0.15) is 0 Å². The first-order valence-corrected chi connectivity index (χ1v) is 10.2. The van der Waals surface area contributed by atoms with Gasteiger partial charge in [-0.05, 0) is 95.6 Å². The van der Waals surface area contributed by atoms with Crippen LogP contribution in [0.15, 0.2) is 0 Å². The molecule has 4 aliphatic carbocycles. The number of nitrogens with zero attached hydrogens (tertiary/aromatic N) is 1. The number of rotatable bonds is 4. The lowest BCUT2D eigenvalue weighted by Gasteiger charge is -2.59. The summed E-state index contributed by atoms with van der Waals surface area (Å²) in [6, 6.07) is 0.572. The van der Waals surface area contributed by atoms with E-state index in [0.29, 0.717) is 24.4 Å². The molecule has 1 aliphatic heterocycles. The van der Waals surface area contributed by atoms with E-state index in [9.17, 15) is 9.90 Å². The summed E-state index contributed by atoms with van der Waals surface area (Å²) in [4.78, 5) is 15.1. The summed E-state index contributed by atoms with van der Waals surface area (Å²) in [5.74, 6) is 2.88. The Morgan fingerprint density at radius 3 is 2.12 bits per heavy atom. The first kappa shape index (κ1) is 16.8. The summed E-state index contributed by atoms with van der Waals surface area (Å²) >= 11 is 0. The van der Waals surface area contributed by atoms with E-state index in [4.69, 9.17) is 0 Å². The minimum atomic E-state index is -0.623. The average molecular weight is 335 g/mol. The van der Waals surface area contributed by atoms with Crippen molar-refractivity contribution in [2.75, 3.05) is 19.6 Å². The average Bonchev–Trinajstić information content (AvgIpc) is 2.57. The van der Waals surface area contributed by atoms with E-state index < -0.39 is 5.60 Å². The number of aliphatic hydroxyl groups is 1. The monoisotopic (exact) mass is 334 g/mol. The number of amides is 1. The highest BCUT2D eigenvalue weighted by Gasteiger charge is 2.56. The lowest BCUT2D eigenvalue weighted by molar-refractivity contribution is -0.172. The quantitative estimate of drug-likeness (QED) is 0.830. The minimum Gasteiger partial charge on any atom is -0.387 e. The maximum absolute atomic E-state index is 12.6. The Morgan fingerprint density at radius 1 is 1.08 bits per heavy atom. The Hall–Kier alpha value is -0.610. The molecule has 0 unspecified atom stereocenters. The Bertz CT molecular complexity index is 454.